The molecule has 184 valence electrons. The first-order valence-electron chi connectivity index (χ1n) is 11.0. The lowest BCUT2D eigenvalue weighted by Gasteiger charge is -2.11. The summed E-state index contributed by atoms with van der Waals surface area (Å²) in [5.74, 6) is 0.0486. The predicted octanol–water partition coefficient (Wildman–Crippen LogP) is 3.29. The van der Waals surface area contributed by atoms with E-state index in [0.29, 0.717) is 18.1 Å². The van der Waals surface area contributed by atoms with Crippen LogP contribution in [0.2, 0.25) is 0 Å². The van der Waals surface area contributed by atoms with Crippen LogP contribution >= 0.6 is 0 Å². The maximum atomic E-state index is 12.6. The first kappa shape index (κ1) is 25.6. The van der Waals surface area contributed by atoms with Crippen molar-refractivity contribution >= 4 is 27.5 Å². The number of carbonyl (C=O) groups excluding carboxylic acids is 2. The molecule has 0 saturated carbocycles. The molecule has 0 atom stereocenters. The summed E-state index contributed by atoms with van der Waals surface area (Å²) in [7, 11) is -3.81. The van der Waals surface area contributed by atoms with E-state index < -0.39 is 21.8 Å². The quantitative estimate of drug-likeness (QED) is 0.370. The smallest absolute Gasteiger partial charge is 0.276 e. The van der Waals surface area contributed by atoms with Crippen LogP contribution in [-0.2, 0) is 21.2 Å². The van der Waals surface area contributed by atoms with E-state index >= 15 is 0 Å². The van der Waals surface area contributed by atoms with Crippen LogP contribution < -0.4 is 25.0 Å². The van der Waals surface area contributed by atoms with Gasteiger partial charge in [0.1, 0.15) is 11.5 Å². The SMILES string of the molecule is CCOc1ccc(S(=O)(=O)Nc2ccc(C(=O)NNC(=O)COc3cccc(CC)c3)cc2)cc1. The van der Waals surface area contributed by atoms with Gasteiger partial charge < -0.3 is 9.47 Å². The van der Waals surface area contributed by atoms with Crippen molar-refractivity contribution in [2.75, 3.05) is 17.9 Å². The van der Waals surface area contributed by atoms with Crippen molar-refractivity contribution in [1.29, 1.82) is 0 Å². The zero-order chi connectivity index (χ0) is 25.3. The van der Waals surface area contributed by atoms with Crippen LogP contribution in [0.15, 0.2) is 77.7 Å². The number of aryl methyl sites for hydroxylation is 1. The summed E-state index contributed by atoms with van der Waals surface area (Å²) < 4.78 is 38.4. The minimum Gasteiger partial charge on any atom is -0.494 e. The first-order chi connectivity index (χ1) is 16.8. The van der Waals surface area contributed by atoms with Gasteiger partial charge in [0.15, 0.2) is 6.61 Å². The van der Waals surface area contributed by atoms with E-state index in [1.807, 2.05) is 32.0 Å². The van der Waals surface area contributed by atoms with Gasteiger partial charge in [-0.2, -0.15) is 0 Å². The van der Waals surface area contributed by atoms with E-state index in [-0.39, 0.29) is 22.8 Å². The number of nitrogens with one attached hydrogen (secondary N) is 3. The number of benzene rings is 3. The standard InChI is InChI=1S/C25H27N3O6S/c1-3-18-6-5-7-22(16-18)34-17-24(29)26-27-25(30)19-8-10-20(11-9-19)28-35(31,32)23-14-12-21(13-15-23)33-4-2/h5-16,28H,3-4,17H2,1-2H3,(H,26,29)(H,27,30). The lowest BCUT2D eigenvalue weighted by molar-refractivity contribution is -0.123. The van der Waals surface area contributed by atoms with E-state index in [1.165, 1.54) is 36.4 Å². The minimum absolute atomic E-state index is 0.0779. The van der Waals surface area contributed by atoms with Crippen molar-refractivity contribution in [3.05, 3.63) is 83.9 Å². The van der Waals surface area contributed by atoms with E-state index in [0.717, 1.165) is 12.0 Å². The molecule has 0 bridgehead atoms. The Hall–Kier alpha value is -4.05. The lowest BCUT2D eigenvalue weighted by atomic mass is 10.2. The van der Waals surface area contributed by atoms with E-state index in [2.05, 4.69) is 15.6 Å². The Morgan fingerprint density at radius 2 is 1.54 bits per heavy atom. The van der Waals surface area contributed by atoms with Crippen LogP contribution in [0, 0.1) is 0 Å². The molecule has 0 radical (unpaired) electrons. The van der Waals surface area contributed by atoms with E-state index in [4.69, 9.17) is 9.47 Å². The molecule has 3 rings (SSSR count). The number of hydrazine groups is 1. The molecule has 0 fully saturated rings. The Morgan fingerprint density at radius 1 is 0.829 bits per heavy atom. The molecule has 0 aliphatic rings. The molecule has 35 heavy (non-hydrogen) atoms. The van der Waals surface area contributed by atoms with Crippen LogP contribution in [0.4, 0.5) is 5.69 Å². The fourth-order valence-corrected chi connectivity index (χ4v) is 4.08. The molecule has 0 heterocycles. The van der Waals surface area contributed by atoms with Crippen molar-refractivity contribution in [2.45, 2.75) is 25.2 Å². The normalized spacial score (nSPS) is 10.8. The second-order valence-corrected chi connectivity index (χ2v) is 9.06. The molecule has 0 aliphatic heterocycles. The van der Waals surface area contributed by atoms with Crippen LogP contribution in [0.3, 0.4) is 0 Å². The van der Waals surface area contributed by atoms with Crippen molar-refractivity contribution in [3.8, 4) is 11.5 Å². The van der Waals surface area contributed by atoms with Crippen molar-refractivity contribution in [3.63, 3.8) is 0 Å². The predicted molar refractivity (Wildman–Crippen MR) is 132 cm³/mol. The van der Waals surface area contributed by atoms with Gasteiger partial charge >= 0.3 is 0 Å². The Labute approximate surface area is 204 Å². The zero-order valence-electron chi connectivity index (χ0n) is 19.4. The molecule has 3 N–H and O–H groups in total. The lowest BCUT2D eigenvalue weighted by Crippen LogP contribution is -2.43. The highest BCUT2D eigenvalue weighted by Gasteiger charge is 2.15. The summed E-state index contributed by atoms with van der Waals surface area (Å²) in [5, 5.41) is 0. The molecular weight excluding hydrogens is 470 g/mol. The van der Waals surface area contributed by atoms with Crippen LogP contribution in [-0.4, -0.2) is 33.4 Å². The molecule has 9 nitrogen and oxygen atoms in total. The second kappa shape index (κ2) is 11.9. The molecule has 10 heteroatoms. The van der Waals surface area contributed by atoms with Gasteiger partial charge in [-0.3, -0.25) is 25.2 Å². The summed E-state index contributed by atoms with van der Waals surface area (Å²) in [4.78, 5) is 24.3. The van der Waals surface area contributed by atoms with Gasteiger partial charge in [-0.05, 0) is 79.6 Å². The number of ether oxygens (including phenoxy) is 2. The third-order valence-corrected chi connectivity index (χ3v) is 6.23. The molecule has 2 amide bonds. The van der Waals surface area contributed by atoms with E-state index in [9.17, 15) is 18.0 Å². The fourth-order valence-electron chi connectivity index (χ4n) is 3.02. The fraction of sp³-hybridized carbons (Fsp3) is 0.200. The van der Waals surface area contributed by atoms with Gasteiger partial charge in [0, 0.05) is 11.3 Å². The van der Waals surface area contributed by atoms with Gasteiger partial charge in [0.05, 0.1) is 11.5 Å². The molecule has 0 saturated heterocycles. The maximum absolute atomic E-state index is 12.6. The second-order valence-electron chi connectivity index (χ2n) is 7.38. The van der Waals surface area contributed by atoms with Gasteiger partial charge in [0.2, 0.25) is 0 Å². The number of carbonyl (C=O) groups is 2. The maximum Gasteiger partial charge on any atom is 0.276 e. The summed E-state index contributed by atoms with van der Waals surface area (Å²) in [5.41, 5.74) is 6.17. The number of amides is 2. The molecule has 0 aliphatic carbocycles. The number of anilines is 1. The van der Waals surface area contributed by atoms with Crippen molar-refractivity contribution in [2.24, 2.45) is 0 Å². The van der Waals surface area contributed by atoms with Crippen LogP contribution in [0.5, 0.6) is 11.5 Å². The number of sulfonamides is 1. The van der Waals surface area contributed by atoms with Crippen molar-refractivity contribution < 1.29 is 27.5 Å². The largest absolute Gasteiger partial charge is 0.494 e. The summed E-state index contributed by atoms with van der Waals surface area (Å²) in [6.45, 7) is 4.08. The molecule has 3 aromatic rings. The highest BCUT2D eigenvalue weighted by molar-refractivity contribution is 7.92. The zero-order valence-corrected chi connectivity index (χ0v) is 20.2. The average Bonchev–Trinajstić information content (AvgIpc) is 2.87. The van der Waals surface area contributed by atoms with Crippen LogP contribution in [0.25, 0.3) is 0 Å². The third-order valence-electron chi connectivity index (χ3n) is 4.84. The highest BCUT2D eigenvalue weighted by atomic mass is 32.2. The summed E-state index contributed by atoms with van der Waals surface area (Å²) >= 11 is 0. The molecular formula is C25H27N3O6S. The Kier molecular flexibility index (Phi) is 8.69. The van der Waals surface area contributed by atoms with Gasteiger partial charge in [-0.15, -0.1) is 0 Å². The molecule has 3 aromatic carbocycles. The number of hydrogen-bond donors (Lipinski definition) is 3. The van der Waals surface area contributed by atoms with Crippen molar-refractivity contribution in [1.82, 2.24) is 10.9 Å². The Bertz CT molecular complexity index is 1260. The molecule has 0 aromatic heterocycles. The summed E-state index contributed by atoms with van der Waals surface area (Å²) in [6, 6.07) is 19.2. The summed E-state index contributed by atoms with van der Waals surface area (Å²) in [6.07, 6.45) is 0.848. The molecule has 0 spiro atoms. The van der Waals surface area contributed by atoms with Gasteiger partial charge in [-0.25, -0.2) is 8.42 Å². The van der Waals surface area contributed by atoms with E-state index in [1.54, 1.807) is 18.2 Å². The highest BCUT2D eigenvalue weighted by Crippen LogP contribution is 2.20. The topological polar surface area (TPSA) is 123 Å². The monoisotopic (exact) mass is 497 g/mol. The first-order valence-corrected chi connectivity index (χ1v) is 12.5. The minimum atomic E-state index is -3.81. The van der Waals surface area contributed by atoms with Crippen LogP contribution in [0.1, 0.15) is 29.8 Å². The van der Waals surface area contributed by atoms with Gasteiger partial charge in [0.25, 0.3) is 21.8 Å². The Morgan fingerprint density at radius 3 is 2.20 bits per heavy atom. The number of rotatable bonds is 10. The Balaban J connectivity index is 1.50. The number of hydrogen-bond acceptors (Lipinski definition) is 6. The van der Waals surface area contributed by atoms with Gasteiger partial charge in [-0.1, -0.05) is 19.1 Å². The average molecular weight is 498 g/mol. The molecule has 0 unspecified atom stereocenters. The third kappa shape index (κ3) is 7.47.